The average Bonchev–Trinajstić information content (AvgIpc) is 2.92. The Morgan fingerprint density at radius 3 is 2.65 bits per heavy atom. The summed E-state index contributed by atoms with van der Waals surface area (Å²) in [6.45, 7) is 3.92. The number of benzene rings is 1. The summed E-state index contributed by atoms with van der Waals surface area (Å²) in [5, 5.41) is 5.04. The van der Waals surface area contributed by atoms with Gasteiger partial charge in [0.1, 0.15) is 0 Å². The molecule has 0 radical (unpaired) electrons. The molecule has 7 heteroatoms. The Kier molecular flexibility index (Phi) is 5.40. The smallest absolute Gasteiger partial charge is 0.271 e. The maximum Gasteiger partial charge on any atom is 0.271 e. The van der Waals surface area contributed by atoms with Gasteiger partial charge in [0.15, 0.2) is 0 Å². The first-order valence-electron chi connectivity index (χ1n) is 7.86. The van der Waals surface area contributed by atoms with Crippen molar-refractivity contribution in [2.45, 2.75) is 13.8 Å². The first-order valence-corrected chi connectivity index (χ1v) is 8.61. The molecule has 0 bridgehead atoms. The number of halogens is 2. The Morgan fingerprint density at radius 2 is 1.92 bits per heavy atom. The van der Waals surface area contributed by atoms with Crippen LogP contribution in [0.5, 0.6) is 0 Å². The third-order valence-corrected chi connectivity index (χ3v) is 4.76. The summed E-state index contributed by atoms with van der Waals surface area (Å²) in [7, 11) is 0. The highest BCUT2D eigenvalue weighted by Crippen LogP contribution is 2.31. The van der Waals surface area contributed by atoms with Gasteiger partial charge in [-0.25, -0.2) is 5.43 Å². The van der Waals surface area contributed by atoms with Crippen molar-refractivity contribution in [2.75, 3.05) is 0 Å². The number of rotatable bonds is 4. The number of nitrogens with one attached hydrogen (secondary N) is 1. The number of aryl methyl sites for hydroxylation is 1. The summed E-state index contributed by atoms with van der Waals surface area (Å²) in [4.78, 5) is 15.9. The quantitative estimate of drug-likeness (QED) is 0.527. The zero-order chi connectivity index (χ0) is 18.7. The molecule has 0 aliphatic carbocycles. The van der Waals surface area contributed by atoms with Crippen LogP contribution in [-0.4, -0.2) is 21.7 Å². The maximum absolute atomic E-state index is 12.0. The van der Waals surface area contributed by atoms with Crippen LogP contribution >= 0.6 is 23.2 Å². The molecular weight excluding hydrogens is 371 g/mol. The van der Waals surface area contributed by atoms with E-state index in [0.717, 1.165) is 22.6 Å². The lowest BCUT2D eigenvalue weighted by molar-refractivity contribution is 0.0955. The maximum atomic E-state index is 12.0. The Balaban J connectivity index is 1.84. The van der Waals surface area contributed by atoms with E-state index in [1.54, 1.807) is 36.8 Å². The highest BCUT2D eigenvalue weighted by molar-refractivity contribution is 6.43. The highest BCUT2D eigenvalue weighted by atomic mass is 35.5. The zero-order valence-electron chi connectivity index (χ0n) is 14.2. The Labute approximate surface area is 161 Å². The lowest BCUT2D eigenvalue weighted by atomic mass is 10.2. The number of hydrogen-bond donors (Lipinski definition) is 1. The summed E-state index contributed by atoms with van der Waals surface area (Å²) in [6.07, 6.45) is 4.72. The molecule has 0 fully saturated rings. The molecule has 0 aliphatic heterocycles. The van der Waals surface area contributed by atoms with Crippen LogP contribution in [0.3, 0.4) is 0 Å². The van der Waals surface area contributed by atoms with Crippen molar-refractivity contribution in [3.8, 4) is 5.69 Å². The second-order valence-corrected chi connectivity index (χ2v) is 6.46. The van der Waals surface area contributed by atoms with Crippen molar-refractivity contribution >= 4 is 35.3 Å². The van der Waals surface area contributed by atoms with E-state index >= 15 is 0 Å². The van der Waals surface area contributed by atoms with Gasteiger partial charge in [-0.05, 0) is 44.2 Å². The van der Waals surface area contributed by atoms with Crippen LogP contribution < -0.4 is 5.43 Å². The highest BCUT2D eigenvalue weighted by Gasteiger charge is 2.13. The molecule has 3 aromatic rings. The van der Waals surface area contributed by atoms with E-state index in [4.69, 9.17) is 23.2 Å². The Morgan fingerprint density at radius 1 is 1.19 bits per heavy atom. The van der Waals surface area contributed by atoms with Gasteiger partial charge in [-0.15, -0.1) is 0 Å². The summed E-state index contributed by atoms with van der Waals surface area (Å²) >= 11 is 12.5. The first kappa shape index (κ1) is 18.2. The van der Waals surface area contributed by atoms with Gasteiger partial charge in [0.05, 0.1) is 21.9 Å². The minimum absolute atomic E-state index is 0.296. The molecule has 132 valence electrons. The van der Waals surface area contributed by atoms with Crippen molar-refractivity contribution in [3.63, 3.8) is 0 Å². The molecule has 3 rings (SSSR count). The largest absolute Gasteiger partial charge is 0.316 e. The number of carbonyl (C=O) groups is 1. The van der Waals surface area contributed by atoms with Gasteiger partial charge < -0.3 is 4.57 Å². The van der Waals surface area contributed by atoms with E-state index in [1.165, 1.54) is 0 Å². The molecule has 1 N–H and O–H groups in total. The monoisotopic (exact) mass is 386 g/mol. The van der Waals surface area contributed by atoms with Crippen LogP contribution in [0.4, 0.5) is 0 Å². The Hall–Kier alpha value is -2.63. The second kappa shape index (κ2) is 7.72. The standard InChI is InChI=1S/C19H16Cl2N4O/c1-12-10-15(11-23-24-19(26)14-6-8-22-9-7-14)13(2)25(12)17-5-3-4-16(20)18(17)21/h3-11H,1-2H3,(H,24,26)/b23-11-. The summed E-state index contributed by atoms with van der Waals surface area (Å²) in [5.74, 6) is -0.296. The molecule has 1 amide bonds. The fraction of sp³-hybridized carbons (Fsp3) is 0.105. The lowest BCUT2D eigenvalue weighted by Crippen LogP contribution is -2.17. The van der Waals surface area contributed by atoms with Gasteiger partial charge in [0.2, 0.25) is 0 Å². The molecule has 0 unspecified atom stereocenters. The SMILES string of the molecule is Cc1cc(/C=N\NC(=O)c2ccncc2)c(C)n1-c1cccc(Cl)c1Cl. The molecule has 0 saturated carbocycles. The number of nitrogens with zero attached hydrogens (tertiary/aromatic N) is 3. The molecule has 0 saturated heterocycles. The number of aromatic nitrogens is 2. The fourth-order valence-electron chi connectivity index (χ4n) is 2.68. The molecule has 2 heterocycles. The molecule has 0 aliphatic rings. The van der Waals surface area contributed by atoms with Gasteiger partial charge in [-0.1, -0.05) is 29.3 Å². The van der Waals surface area contributed by atoms with Crippen molar-refractivity contribution < 1.29 is 4.79 Å². The van der Waals surface area contributed by atoms with Crippen molar-refractivity contribution in [2.24, 2.45) is 5.10 Å². The van der Waals surface area contributed by atoms with Crippen LogP contribution in [-0.2, 0) is 0 Å². The van der Waals surface area contributed by atoms with E-state index in [-0.39, 0.29) is 5.91 Å². The van der Waals surface area contributed by atoms with E-state index in [1.807, 2.05) is 36.6 Å². The summed E-state index contributed by atoms with van der Waals surface area (Å²) in [6, 6.07) is 10.7. The predicted octanol–water partition coefficient (Wildman–Crippen LogP) is 4.56. The van der Waals surface area contributed by atoms with Gasteiger partial charge in [-0.2, -0.15) is 5.10 Å². The van der Waals surface area contributed by atoms with E-state index < -0.39 is 0 Å². The molecule has 2 aromatic heterocycles. The first-order chi connectivity index (χ1) is 12.5. The fourth-order valence-corrected chi connectivity index (χ4v) is 3.06. The topological polar surface area (TPSA) is 59.3 Å². The molecular formula is C19H16Cl2N4O. The van der Waals surface area contributed by atoms with Gasteiger partial charge in [0, 0.05) is 34.9 Å². The number of hydrazone groups is 1. The van der Waals surface area contributed by atoms with E-state index in [2.05, 4.69) is 15.5 Å². The number of amides is 1. The van der Waals surface area contributed by atoms with Gasteiger partial charge in [0.25, 0.3) is 5.91 Å². The molecule has 0 atom stereocenters. The van der Waals surface area contributed by atoms with Crippen LogP contribution in [0.2, 0.25) is 10.0 Å². The predicted molar refractivity (Wildman–Crippen MR) is 105 cm³/mol. The van der Waals surface area contributed by atoms with E-state index in [0.29, 0.717) is 15.6 Å². The summed E-state index contributed by atoms with van der Waals surface area (Å²) in [5.41, 5.74) is 6.59. The Bertz CT molecular complexity index is 981. The summed E-state index contributed by atoms with van der Waals surface area (Å²) < 4.78 is 2.00. The normalized spacial score (nSPS) is 11.1. The van der Waals surface area contributed by atoms with Crippen LogP contribution in [0, 0.1) is 13.8 Å². The number of carbonyl (C=O) groups excluding carboxylic acids is 1. The molecule has 5 nitrogen and oxygen atoms in total. The van der Waals surface area contributed by atoms with Crippen LogP contribution in [0.1, 0.15) is 27.3 Å². The molecule has 26 heavy (non-hydrogen) atoms. The molecule has 1 aromatic carbocycles. The zero-order valence-corrected chi connectivity index (χ0v) is 15.7. The second-order valence-electron chi connectivity index (χ2n) is 5.67. The third-order valence-electron chi connectivity index (χ3n) is 3.95. The van der Waals surface area contributed by atoms with Crippen LogP contribution in [0.15, 0.2) is 53.9 Å². The minimum atomic E-state index is -0.296. The average molecular weight is 387 g/mol. The van der Waals surface area contributed by atoms with Gasteiger partial charge >= 0.3 is 0 Å². The van der Waals surface area contributed by atoms with Crippen molar-refractivity contribution in [3.05, 3.63) is 81.4 Å². The molecule has 0 spiro atoms. The van der Waals surface area contributed by atoms with E-state index in [9.17, 15) is 4.79 Å². The third kappa shape index (κ3) is 3.64. The van der Waals surface area contributed by atoms with Crippen LogP contribution in [0.25, 0.3) is 5.69 Å². The van der Waals surface area contributed by atoms with Crippen molar-refractivity contribution in [1.29, 1.82) is 0 Å². The number of pyridine rings is 1. The lowest BCUT2D eigenvalue weighted by Gasteiger charge is -2.12. The van der Waals surface area contributed by atoms with Crippen molar-refractivity contribution in [1.82, 2.24) is 15.0 Å². The number of hydrogen-bond acceptors (Lipinski definition) is 3. The van der Waals surface area contributed by atoms with Gasteiger partial charge in [-0.3, -0.25) is 9.78 Å². The minimum Gasteiger partial charge on any atom is -0.316 e.